The summed E-state index contributed by atoms with van der Waals surface area (Å²) in [6.07, 6.45) is -2.77. The molecule has 1 rings (SSSR count). The standard InChI is InChI=1S/C14H18F2N2O4/c1-13(2,3)14(18-12(21)22,7-17-11(19)20)8-4-5-9(15)10(16)6-8/h4-6,17-18H,7H2,1-3H3,(H,19,20)(H,21,22). The minimum absolute atomic E-state index is 0.120. The smallest absolute Gasteiger partial charge is 0.405 e. The second kappa shape index (κ2) is 6.17. The third-order valence-electron chi connectivity index (χ3n) is 3.52. The second-order valence-electron chi connectivity index (χ2n) is 5.87. The molecule has 1 unspecified atom stereocenters. The molecule has 0 saturated carbocycles. The van der Waals surface area contributed by atoms with Crippen LogP contribution in [0.3, 0.4) is 0 Å². The van der Waals surface area contributed by atoms with Crippen molar-refractivity contribution in [3.8, 4) is 0 Å². The Morgan fingerprint density at radius 2 is 1.68 bits per heavy atom. The molecule has 1 aromatic carbocycles. The fourth-order valence-corrected chi connectivity index (χ4v) is 2.26. The lowest BCUT2D eigenvalue weighted by Gasteiger charge is -2.45. The third-order valence-corrected chi connectivity index (χ3v) is 3.52. The average Bonchev–Trinajstić information content (AvgIpc) is 2.35. The Kier molecular flexibility index (Phi) is 4.95. The van der Waals surface area contributed by atoms with Gasteiger partial charge in [0.2, 0.25) is 0 Å². The Morgan fingerprint density at radius 3 is 2.09 bits per heavy atom. The first kappa shape index (κ1) is 17.7. The molecule has 0 radical (unpaired) electrons. The van der Waals surface area contributed by atoms with Crippen LogP contribution < -0.4 is 10.6 Å². The zero-order valence-electron chi connectivity index (χ0n) is 12.4. The van der Waals surface area contributed by atoms with Crippen molar-refractivity contribution in [2.45, 2.75) is 26.3 Å². The minimum Gasteiger partial charge on any atom is -0.465 e. The van der Waals surface area contributed by atoms with Crippen molar-refractivity contribution in [1.82, 2.24) is 10.6 Å². The van der Waals surface area contributed by atoms with Gasteiger partial charge in [-0.15, -0.1) is 0 Å². The fourth-order valence-electron chi connectivity index (χ4n) is 2.26. The van der Waals surface area contributed by atoms with E-state index in [1.165, 1.54) is 6.07 Å². The molecule has 0 heterocycles. The molecular formula is C14H18F2N2O4. The van der Waals surface area contributed by atoms with Crippen LogP contribution in [-0.2, 0) is 5.54 Å². The Balaban J connectivity index is 3.48. The maximum atomic E-state index is 13.5. The zero-order valence-corrected chi connectivity index (χ0v) is 12.4. The minimum atomic E-state index is -1.48. The van der Waals surface area contributed by atoms with Crippen LogP contribution >= 0.6 is 0 Å². The lowest BCUT2D eigenvalue weighted by Crippen LogP contribution is -2.60. The van der Waals surface area contributed by atoms with Crippen molar-refractivity contribution in [3.05, 3.63) is 35.4 Å². The molecule has 0 aliphatic heterocycles. The van der Waals surface area contributed by atoms with E-state index in [1.54, 1.807) is 20.8 Å². The molecule has 0 aliphatic carbocycles. The van der Waals surface area contributed by atoms with Crippen LogP contribution in [0.15, 0.2) is 18.2 Å². The first-order valence-electron chi connectivity index (χ1n) is 6.43. The summed E-state index contributed by atoms with van der Waals surface area (Å²) in [4.78, 5) is 22.0. The Morgan fingerprint density at radius 1 is 1.09 bits per heavy atom. The van der Waals surface area contributed by atoms with Gasteiger partial charge in [0.25, 0.3) is 0 Å². The predicted octanol–water partition coefficient (Wildman–Crippen LogP) is 2.74. The molecule has 0 aliphatic rings. The van der Waals surface area contributed by atoms with E-state index in [9.17, 15) is 18.4 Å². The van der Waals surface area contributed by atoms with E-state index in [0.29, 0.717) is 0 Å². The molecule has 1 atom stereocenters. The van der Waals surface area contributed by atoms with Crippen LogP contribution in [0, 0.1) is 17.0 Å². The van der Waals surface area contributed by atoms with Crippen LogP contribution in [0.25, 0.3) is 0 Å². The number of halogens is 2. The second-order valence-corrected chi connectivity index (χ2v) is 5.87. The molecule has 0 bridgehead atoms. The molecule has 6 nitrogen and oxygen atoms in total. The van der Waals surface area contributed by atoms with Crippen LogP contribution in [-0.4, -0.2) is 28.9 Å². The van der Waals surface area contributed by atoms with Gasteiger partial charge in [0.1, 0.15) is 0 Å². The summed E-state index contributed by atoms with van der Waals surface area (Å²) in [6, 6.07) is 2.96. The molecule has 4 N–H and O–H groups in total. The topological polar surface area (TPSA) is 98.7 Å². The molecule has 122 valence electrons. The van der Waals surface area contributed by atoms with Crippen molar-refractivity contribution in [3.63, 3.8) is 0 Å². The van der Waals surface area contributed by atoms with Crippen molar-refractivity contribution in [1.29, 1.82) is 0 Å². The quantitative estimate of drug-likeness (QED) is 0.686. The lowest BCUT2D eigenvalue weighted by molar-refractivity contribution is 0.112. The van der Waals surface area contributed by atoms with Gasteiger partial charge in [-0.25, -0.2) is 18.4 Å². The fraction of sp³-hybridized carbons (Fsp3) is 0.429. The molecule has 8 heteroatoms. The number of hydrogen-bond acceptors (Lipinski definition) is 2. The predicted molar refractivity (Wildman–Crippen MR) is 74.7 cm³/mol. The third kappa shape index (κ3) is 3.63. The average molecular weight is 316 g/mol. The van der Waals surface area contributed by atoms with Gasteiger partial charge in [-0.3, -0.25) is 0 Å². The first-order valence-corrected chi connectivity index (χ1v) is 6.43. The molecule has 1 aromatic rings. The van der Waals surface area contributed by atoms with E-state index < -0.39 is 34.8 Å². The largest absolute Gasteiger partial charge is 0.465 e. The summed E-state index contributed by atoms with van der Waals surface area (Å²) < 4.78 is 26.7. The molecule has 0 spiro atoms. The number of benzene rings is 1. The van der Waals surface area contributed by atoms with Crippen LogP contribution in [0.1, 0.15) is 26.3 Å². The molecular weight excluding hydrogens is 298 g/mol. The van der Waals surface area contributed by atoms with Gasteiger partial charge in [0, 0.05) is 6.54 Å². The van der Waals surface area contributed by atoms with E-state index in [1.807, 2.05) is 0 Å². The van der Waals surface area contributed by atoms with Crippen LogP contribution in [0.2, 0.25) is 0 Å². The van der Waals surface area contributed by atoms with E-state index in [2.05, 4.69) is 10.6 Å². The van der Waals surface area contributed by atoms with Gasteiger partial charge >= 0.3 is 12.2 Å². The van der Waals surface area contributed by atoms with Gasteiger partial charge in [0.15, 0.2) is 11.6 Å². The van der Waals surface area contributed by atoms with Crippen molar-refractivity contribution in [2.24, 2.45) is 5.41 Å². The summed E-state index contributed by atoms with van der Waals surface area (Å²) in [5.74, 6) is -2.22. The highest BCUT2D eigenvalue weighted by molar-refractivity contribution is 5.68. The highest BCUT2D eigenvalue weighted by atomic mass is 19.2. The highest BCUT2D eigenvalue weighted by Crippen LogP contribution is 2.39. The number of hydrogen-bond donors (Lipinski definition) is 4. The Labute approximate surface area is 126 Å². The van der Waals surface area contributed by atoms with Gasteiger partial charge < -0.3 is 20.8 Å². The molecule has 0 fully saturated rings. The summed E-state index contributed by atoms with van der Waals surface area (Å²) in [5, 5.41) is 22.3. The van der Waals surface area contributed by atoms with Crippen molar-refractivity contribution >= 4 is 12.2 Å². The molecule has 0 saturated heterocycles. The van der Waals surface area contributed by atoms with Crippen LogP contribution in [0.5, 0.6) is 0 Å². The van der Waals surface area contributed by atoms with E-state index in [4.69, 9.17) is 10.2 Å². The zero-order chi connectivity index (χ0) is 17.1. The first-order chi connectivity index (χ1) is 9.99. The van der Waals surface area contributed by atoms with Gasteiger partial charge in [0.05, 0.1) is 5.54 Å². The summed E-state index contributed by atoms with van der Waals surface area (Å²) in [7, 11) is 0. The molecule has 22 heavy (non-hydrogen) atoms. The van der Waals surface area contributed by atoms with Crippen LogP contribution in [0.4, 0.5) is 18.4 Å². The Bertz CT molecular complexity index is 587. The van der Waals surface area contributed by atoms with E-state index in [-0.39, 0.29) is 12.1 Å². The lowest BCUT2D eigenvalue weighted by atomic mass is 9.69. The maximum Gasteiger partial charge on any atom is 0.405 e. The number of amides is 2. The summed E-state index contributed by atoms with van der Waals surface area (Å²) in [5.41, 5.74) is -2.20. The van der Waals surface area contributed by atoms with Crippen molar-refractivity contribution < 1.29 is 28.6 Å². The normalized spacial score (nSPS) is 14.0. The summed E-state index contributed by atoms with van der Waals surface area (Å²) in [6.45, 7) is 4.64. The Hall–Kier alpha value is -2.38. The number of carboxylic acid groups (broad SMARTS) is 2. The van der Waals surface area contributed by atoms with E-state index >= 15 is 0 Å². The van der Waals surface area contributed by atoms with Gasteiger partial charge in [-0.1, -0.05) is 26.8 Å². The van der Waals surface area contributed by atoms with Crippen molar-refractivity contribution in [2.75, 3.05) is 6.54 Å². The number of carbonyl (C=O) groups is 2. The maximum absolute atomic E-state index is 13.5. The number of nitrogens with one attached hydrogen (secondary N) is 2. The summed E-state index contributed by atoms with van der Waals surface area (Å²) >= 11 is 0. The SMILES string of the molecule is CC(C)(C)C(CNC(=O)O)(NC(=O)O)c1ccc(F)c(F)c1. The van der Waals surface area contributed by atoms with E-state index in [0.717, 1.165) is 12.1 Å². The van der Waals surface area contributed by atoms with Gasteiger partial charge in [-0.05, 0) is 23.1 Å². The number of rotatable bonds is 4. The highest BCUT2D eigenvalue weighted by Gasteiger charge is 2.45. The van der Waals surface area contributed by atoms with Gasteiger partial charge in [-0.2, -0.15) is 0 Å². The monoisotopic (exact) mass is 316 g/mol. The molecule has 2 amide bonds. The molecule has 0 aromatic heterocycles.